The molecule has 7 heteroatoms. The summed E-state index contributed by atoms with van der Waals surface area (Å²) in [5, 5.41) is 4.88. The van der Waals surface area contributed by atoms with E-state index in [1.54, 1.807) is 12.4 Å². The van der Waals surface area contributed by atoms with E-state index in [0.717, 1.165) is 68.5 Å². The molecule has 0 spiro atoms. The van der Waals surface area contributed by atoms with Crippen LogP contribution in [0.5, 0.6) is 0 Å². The molecule has 1 fully saturated rings. The summed E-state index contributed by atoms with van der Waals surface area (Å²) in [7, 11) is 0. The molecule has 0 bridgehead atoms. The molecule has 3 aromatic rings. The maximum atomic E-state index is 5.78. The van der Waals surface area contributed by atoms with Crippen molar-refractivity contribution < 1.29 is 0 Å². The molecular formula is C24H30N6S. The van der Waals surface area contributed by atoms with Gasteiger partial charge in [-0.1, -0.05) is 49.4 Å². The van der Waals surface area contributed by atoms with Gasteiger partial charge in [-0.15, -0.1) is 0 Å². The number of hydrogen-bond donors (Lipinski definition) is 0. The second-order valence-corrected chi connectivity index (χ2v) is 8.23. The van der Waals surface area contributed by atoms with Gasteiger partial charge in [0.2, 0.25) is 0 Å². The summed E-state index contributed by atoms with van der Waals surface area (Å²) in [5.41, 5.74) is 2.31. The average Bonchev–Trinajstić information content (AvgIpc) is 3.12. The topological polar surface area (TPSA) is 42.1 Å². The molecule has 0 N–H and O–H groups in total. The highest BCUT2D eigenvalue weighted by Crippen LogP contribution is 2.18. The van der Waals surface area contributed by atoms with Crippen molar-refractivity contribution in [2.24, 2.45) is 0 Å². The van der Waals surface area contributed by atoms with Crippen molar-refractivity contribution in [2.45, 2.75) is 26.6 Å². The van der Waals surface area contributed by atoms with E-state index in [1.807, 2.05) is 22.9 Å². The van der Waals surface area contributed by atoms with Crippen LogP contribution in [0.1, 0.15) is 18.9 Å². The fourth-order valence-electron chi connectivity index (χ4n) is 3.88. The van der Waals surface area contributed by atoms with Crippen LogP contribution in [0.15, 0.2) is 60.9 Å². The molecule has 4 rings (SSSR count). The Bertz CT molecular complexity index is 1030. The summed E-state index contributed by atoms with van der Waals surface area (Å²) in [6, 6.07) is 14.5. The van der Waals surface area contributed by atoms with Crippen molar-refractivity contribution in [3.05, 3.63) is 71.3 Å². The number of aromatic nitrogens is 4. The first-order valence-electron chi connectivity index (χ1n) is 11.0. The lowest BCUT2D eigenvalue weighted by Gasteiger charge is -2.33. The van der Waals surface area contributed by atoms with Crippen LogP contribution >= 0.6 is 12.2 Å². The third kappa shape index (κ3) is 5.55. The molecular weight excluding hydrogens is 404 g/mol. The number of hydrogen-bond acceptors (Lipinski definition) is 5. The molecule has 0 aliphatic carbocycles. The Kier molecular flexibility index (Phi) is 7.40. The fourth-order valence-corrected chi connectivity index (χ4v) is 4.15. The van der Waals surface area contributed by atoms with Crippen LogP contribution in [0.3, 0.4) is 0 Å². The zero-order chi connectivity index (χ0) is 21.5. The van der Waals surface area contributed by atoms with E-state index in [0.29, 0.717) is 0 Å². The van der Waals surface area contributed by atoms with Crippen molar-refractivity contribution in [1.82, 2.24) is 29.1 Å². The molecule has 0 atom stereocenters. The van der Waals surface area contributed by atoms with E-state index >= 15 is 0 Å². The SMILES string of the molecule is CCCn1c(-c2ccncc2)nn(CN2CCN(C/C=C/c3ccccc3)CC2)c1=S. The third-order valence-electron chi connectivity index (χ3n) is 5.58. The summed E-state index contributed by atoms with van der Waals surface area (Å²) >= 11 is 5.78. The second-order valence-electron chi connectivity index (χ2n) is 7.87. The average molecular weight is 435 g/mol. The molecule has 2 aromatic heterocycles. The molecule has 0 amide bonds. The van der Waals surface area contributed by atoms with Crippen LogP contribution in [-0.4, -0.2) is 61.9 Å². The predicted molar refractivity (Wildman–Crippen MR) is 128 cm³/mol. The highest BCUT2D eigenvalue weighted by Gasteiger charge is 2.19. The van der Waals surface area contributed by atoms with E-state index in [-0.39, 0.29) is 0 Å². The second kappa shape index (κ2) is 10.6. The highest BCUT2D eigenvalue weighted by atomic mass is 32.1. The van der Waals surface area contributed by atoms with Crippen molar-refractivity contribution in [1.29, 1.82) is 0 Å². The Labute approximate surface area is 189 Å². The number of rotatable bonds is 8. The Morgan fingerprint density at radius 1 is 0.968 bits per heavy atom. The van der Waals surface area contributed by atoms with Gasteiger partial charge in [-0.25, -0.2) is 4.68 Å². The normalized spacial score (nSPS) is 15.6. The van der Waals surface area contributed by atoms with E-state index in [1.165, 1.54) is 5.56 Å². The first kappa shape index (κ1) is 21.6. The van der Waals surface area contributed by atoms with Crippen LogP contribution in [0, 0.1) is 4.77 Å². The molecule has 0 saturated carbocycles. The van der Waals surface area contributed by atoms with Gasteiger partial charge in [-0.3, -0.25) is 19.4 Å². The number of nitrogens with zero attached hydrogens (tertiary/aromatic N) is 6. The lowest BCUT2D eigenvalue weighted by atomic mass is 10.2. The molecule has 1 aliphatic rings. The highest BCUT2D eigenvalue weighted by molar-refractivity contribution is 7.71. The molecule has 31 heavy (non-hydrogen) atoms. The smallest absolute Gasteiger partial charge is 0.199 e. The van der Waals surface area contributed by atoms with Gasteiger partial charge in [-0.05, 0) is 36.3 Å². The quantitative estimate of drug-likeness (QED) is 0.498. The van der Waals surface area contributed by atoms with Crippen LogP contribution < -0.4 is 0 Å². The van der Waals surface area contributed by atoms with Crippen LogP contribution in [0.2, 0.25) is 0 Å². The summed E-state index contributed by atoms with van der Waals surface area (Å²) in [5.74, 6) is 0.930. The zero-order valence-electron chi connectivity index (χ0n) is 18.1. The van der Waals surface area contributed by atoms with Gasteiger partial charge in [0.1, 0.15) is 0 Å². The fraction of sp³-hybridized carbons (Fsp3) is 0.375. The Hall–Kier alpha value is -2.61. The van der Waals surface area contributed by atoms with Crippen molar-refractivity contribution in [2.75, 3.05) is 32.7 Å². The minimum Gasteiger partial charge on any atom is -0.300 e. The van der Waals surface area contributed by atoms with Gasteiger partial charge < -0.3 is 0 Å². The summed E-state index contributed by atoms with van der Waals surface area (Å²) in [4.78, 5) is 9.06. The Balaban J connectivity index is 1.36. The lowest BCUT2D eigenvalue weighted by molar-refractivity contribution is 0.110. The molecule has 1 aromatic carbocycles. The van der Waals surface area contributed by atoms with Gasteiger partial charge in [0.05, 0.1) is 6.67 Å². The zero-order valence-corrected chi connectivity index (χ0v) is 18.9. The standard InChI is InChI=1S/C24H30N6S/c1-2-14-29-23(22-10-12-25-13-11-22)26-30(24(29)31)20-28-18-16-27(17-19-28)15-6-9-21-7-4-3-5-8-21/h3-13H,2,14-20H2,1H3/b9-6+. The maximum Gasteiger partial charge on any atom is 0.199 e. The third-order valence-corrected chi connectivity index (χ3v) is 6.01. The molecule has 3 heterocycles. The van der Waals surface area contributed by atoms with Gasteiger partial charge in [0.25, 0.3) is 0 Å². The van der Waals surface area contributed by atoms with Crippen LogP contribution in [0.25, 0.3) is 17.5 Å². The summed E-state index contributed by atoms with van der Waals surface area (Å²) < 4.78 is 4.92. The summed E-state index contributed by atoms with van der Waals surface area (Å²) in [6.07, 6.45) is 9.09. The van der Waals surface area contributed by atoms with E-state index in [9.17, 15) is 0 Å². The van der Waals surface area contributed by atoms with Crippen molar-refractivity contribution in [3.8, 4) is 11.4 Å². The molecule has 0 radical (unpaired) electrons. The number of piperazine rings is 1. The van der Waals surface area contributed by atoms with Gasteiger partial charge in [0, 0.05) is 57.2 Å². The monoisotopic (exact) mass is 434 g/mol. The summed E-state index contributed by atoms with van der Waals surface area (Å²) in [6.45, 7) is 8.91. The minimum atomic E-state index is 0.737. The maximum absolute atomic E-state index is 5.78. The molecule has 6 nitrogen and oxygen atoms in total. The number of pyridine rings is 1. The largest absolute Gasteiger partial charge is 0.300 e. The van der Waals surface area contributed by atoms with Gasteiger partial charge >= 0.3 is 0 Å². The lowest BCUT2D eigenvalue weighted by Crippen LogP contribution is -2.46. The van der Waals surface area contributed by atoms with Crippen LogP contribution in [-0.2, 0) is 13.2 Å². The molecule has 1 aliphatic heterocycles. The predicted octanol–water partition coefficient (Wildman–Crippen LogP) is 4.17. The van der Waals surface area contributed by atoms with Crippen LogP contribution in [0.4, 0.5) is 0 Å². The van der Waals surface area contributed by atoms with E-state index in [2.05, 4.69) is 62.7 Å². The molecule has 0 unspecified atom stereocenters. The molecule has 1 saturated heterocycles. The van der Waals surface area contributed by atoms with E-state index in [4.69, 9.17) is 17.3 Å². The minimum absolute atomic E-state index is 0.737. The van der Waals surface area contributed by atoms with E-state index < -0.39 is 0 Å². The van der Waals surface area contributed by atoms with Crippen molar-refractivity contribution in [3.63, 3.8) is 0 Å². The van der Waals surface area contributed by atoms with Gasteiger partial charge in [0.15, 0.2) is 10.6 Å². The first-order valence-corrected chi connectivity index (χ1v) is 11.4. The van der Waals surface area contributed by atoms with Gasteiger partial charge in [-0.2, -0.15) is 5.10 Å². The Morgan fingerprint density at radius 2 is 1.68 bits per heavy atom. The van der Waals surface area contributed by atoms with Crippen molar-refractivity contribution >= 4 is 18.3 Å². The molecule has 162 valence electrons. The number of benzene rings is 1. The Morgan fingerprint density at radius 3 is 2.39 bits per heavy atom. The first-order chi connectivity index (χ1) is 15.2.